The third kappa shape index (κ3) is 3.26. The van der Waals surface area contributed by atoms with Crippen LogP contribution in [0.4, 0.5) is 5.69 Å². The Morgan fingerprint density at radius 2 is 2.04 bits per heavy atom. The van der Waals surface area contributed by atoms with Gasteiger partial charge in [-0.2, -0.15) is 0 Å². The van der Waals surface area contributed by atoms with E-state index in [1.165, 1.54) is 0 Å². The summed E-state index contributed by atoms with van der Waals surface area (Å²) in [6.45, 7) is 2.04. The van der Waals surface area contributed by atoms with Crippen molar-refractivity contribution in [1.29, 1.82) is 0 Å². The van der Waals surface area contributed by atoms with E-state index in [0.717, 1.165) is 22.8 Å². The average Bonchev–Trinajstić information content (AvgIpc) is 3.25. The Morgan fingerprint density at radius 3 is 2.67 bits per heavy atom. The third-order valence-electron chi connectivity index (χ3n) is 4.68. The Bertz CT molecular complexity index is 975. The second-order valence-electron chi connectivity index (χ2n) is 6.41. The van der Waals surface area contributed by atoms with Gasteiger partial charge in [0.2, 0.25) is 0 Å². The van der Waals surface area contributed by atoms with Gasteiger partial charge < -0.3 is 19.9 Å². The average molecular weight is 399 g/mol. The van der Waals surface area contributed by atoms with Crippen molar-refractivity contribution in [2.45, 2.75) is 19.0 Å². The van der Waals surface area contributed by atoms with E-state index in [4.69, 9.17) is 28.6 Å². The van der Waals surface area contributed by atoms with E-state index in [-0.39, 0.29) is 12.1 Å². The predicted molar refractivity (Wildman–Crippen MR) is 111 cm³/mol. The fourth-order valence-corrected chi connectivity index (χ4v) is 4.05. The Labute approximate surface area is 168 Å². The van der Waals surface area contributed by atoms with E-state index in [0.29, 0.717) is 15.9 Å². The van der Waals surface area contributed by atoms with Crippen LogP contribution in [-0.2, 0) is 0 Å². The predicted octanol–water partition coefficient (Wildman–Crippen LogP) is 4.56. The summed E-state index contributed by atoms with van der Waals surface area (Å²) in [6, 6.07) is 15.6. The van der Waals surface area contributed by atoms with Gasteiger partial charge in [-0.1, -0.05) is 17.7 Å². The number of hydrogen-bond acceptors (Lipinski definition) is 3. The van der Waals surface area contributed by atoms with Gasteiger partial charge in [-0.3, -0.25) is 4.98 Å². The number of hydrogen-bond donors (Lipinski definition) is 2. The van der Waals surface area contributed by atoms with E-state index >= 15 is 0 Å². The van der Waals surface area contributed by atoms with Crippen LogP contribution in [-0.4, -0.2) is 22.2 Å². The number of ether oxygens (including phenoxy) is 1. The zero-order valence-corrected chi connectivity index (χ0v) is 16.5. The quantitative estimate of drug-likeness (QED) is 0.631. The maximum absolute atomic E-state index is 6.37. The number of aryl methyl sites for hydroxylation is 1. The van der Waals surface area contributed by atoms with E-state index in [9.17, 15) is 0 Å². The molecule has 1 aliphatic rings. The lowest BCUT2D eigenvalue weighted by molar-refractivity contribution is 0.415. The van der Waals surface area contributed by atoms with Crippen LogP contribution in [0.3, 0.4) is 0 Å². The normalized spacial score (nSPS) is 19.2. The number of nitrogens with one attached hydrogen (secondary N) is 2. The number of nitrogens with zero attached hydrogens (tertiary/aromatic N) is 2. The monoisotopic (exact) mass is 398 g/mol. The van der Waals surface area contributed by atoms with Crippen LogP contribution in [0.1, 0.15) is 29.2 Å². The molecule has 2 atom stereocenters. The highest BCUT2D eigenvalue weighted by Gasteiger charge is 2.41. The lowest BCUT2D eigenvalue weighted by Gasteiger charge is -2.27. The van der Waals surface area contributed by atoms with Gasteiger partial charge in [0, 0.05) is 23.3 Å². The second kappa shape index (κ2) is 7.21. The molecule has 3 heterocycles. The van der Waals surface area contributed by atoms with Crippen molar-refractivity contribution in [1.82, 2.24) is 15.3 Å². The van der Waals surface area contributed by atoms with Gasteiger partial charge in [0.15, 0.2) is 5.11 Å². The summed E-state index contributed by atoms with van der Waals surface area (Å²) in [5.41, 5.74) is 3.98. The maximum atomic E-state index is 6.37. The maximum Gasteiger partial charge on any atom is 0.174 e. The number of anilines is 1. The fourth-order valence-electron chi connectivity index (χ4n) is 3.45. The third-order valence-corrected chi connectivity index (χ3v) is 5.29. The Balaban J connectivity index is 1.81. The number of benzene rings is 1. The van der Waals surface area contributed by atoms with Gasteiger partial charge in [0.05, 0.1) is 23.9 Å². The molecular weight excluding hydrogens is 380 g/mol. The second-order valence-corrected chi connectivity index (χ2v) is 7.21. The minimum absolute atomic E-state index is 0.0782. The highest BCUT2D eigenvalue weighted by atomic mass is 35.5. The molecule has 2 aromatic heterocycles. The lowest BCUT2D eigenvalue weighted by atomic mass is 10.0. The molecule has 1 saturated heterocycles. The first-order chi connectivity index (χ1) is 13.1. The summed E-state index contributed by atoms with van der Waals surface area (Å²) < 4.78 is 5.28. The van der Waals surface area contributed by atoms with Crippen LogP contribution < -0.4 is 15.0 Å². The Hall–Kier alpha value is -2.57. The number of pyridine rings is 1. The van der Waals surface area contributed by atoms with Crippen molar-refractivity contribution in [2.75, 3.05) is 12.0 Å². The first kappa shape index (κ1) is 17.8. The molecule has 0 bridgehead atoms. The van der Waals surface area contributed by atoms with Gasteiger partial charge >= 0.3 is 0 Å². The number of rotatable bonds is 4. The summed E-state index contributed by atoms with van der Waals surface area (Å²) in [5, 5.41) is 4.60. The molecule has 1 fully saturated rings. The molecule has 0 spiro atoms. The lowest BCUT2D eigenvalue weighted by Crippen LogP contribution is -2.29. The summed E-state index contributed by atoms with van der Waals surface area (Å²) in [7, 11) is 1.60. The molecule has 5 nitrogen and oxygen atoms in total. The number of H-pyrrole nitrogens is 1. The van der Waals surface area contributed by atoms with Crippen LogP contribution in [0.15, 0.2) is 54.7 Å². The van der Waals surface area contributed by atoms with Crippen molar-refractivity contribution < 1.29 is 4.74 Å². The van der Waals surface area contributed by atoms with Gasteiger partial charge in [-0.25, -0.2) is 0 Å². The highest BCUT2D eigenvalue weighted by molar-refractivity contribution is 7.80. The van der Waals surface area contributed by atoms with Gasteiger partial charge in [-0.05, 0) is 61.6 Å². The molecule has 7 heteroatoms. The van der Waals surface area contributed by atoms with Crippen molar-refractivity contribution in [2.24, 2.45) is 0 Å². The molecule has 2 N–H and O–H groups in total. The molecule has 0 aliphatic carbocycles. The van der Waals surface area contributed by atoms with Crippen LogP contribution in [0.2, 0.25) is 5.02 Å². The number of aromatic nitrogens is 2. The van der Waals surface area contributed by atoms with Crippen LogP contribution in [0.25, 0.3) is 0 Å². The number of aromatic amines is 1. The fraction of sp³-hybridized carbons (Fsp3) is 0.200. The number of thiocarbonyl (C=S) groups is 1. The topological polar surface area (TPSA) is 53.2 Å². The molecule has 1 aromatic carbocycles. The van der Waals surface area contributed by atoms with Gasteiger partial charge in [-0.15, -0.1) is 0 Å². The van der Waals surface area contributed by atoms with E-state index in [1.54, 1.807) is 13.3 Å². The molecule has 1 aliphatic heterocycles. The standard InChI is InChI=1S/C20H19ClN4OS/c1-12-6-8-16(23-12)19-18(15-5-3-4-10-22-15)24-20(27)25(19)13-7-9-17(26-2)14(21)11-13/h3-11,18-19,23H,1-2H3,(H,24,27)/t18-,19-/m0/s1. The molecule has 0 amide bonds. The molecule has 138 valence electrons. The van der Waals surface area contributed by atoms with Crippen LogP contribution >= 0.6 is 23.8 Å². The zero-order chi connectivity index (χ0) is 19.0. The van der Waals surface area contributed by atoms with Gasteiger partial charge in [0.25, 0.3) is 0 Å². The SMILES string of the molecule is COc1ccc(N2C(=S)N[C@@H](c3ccccn3)[C@@H]2c2ccc(C)[nH]2)cc1Cl. The minimum Gasteiger partial charge on any atom is -0.495 e. The van der Waals surface area contributed by atoms with E-state index in [1.807, 2.05) is 43.3 Å². The number of halogens is 1. The van der Waals surface area contributed by atoms with Crippen molar-refractivity contribution in [3.05, 3.63) is 76.8 Å². The summed E-state index contributed by atoms with van der Waals surface area (Å²) in [5.74, 6) is 0.632. The molecule has 3 aromatic rings. The molecule has 27 heavy (non-hydrogen) atoms. The van der Waals surface area contributed by atoms with Crippen LogP contribution in [0, 0.1) is 6.92 Å². The first-order valence-corrected chi connectivity index (χ1v) is 9.37. The van der Waals surface area contributed by atoms with Gasteiger partial charge in [0.1, 0.15) is 11.8 Å². The molecule has 0 unspecified atom stereocenters. The summed E-state index contributed by atoms with van der Waals surface area (Å²) in [4.78, 5) is 10.1. The van der Waals surface area contributed by atoms with Crippen molar-refractivity contribution >= 4 is 34.6 Å². The van der Waals surface area contributed by atoms with E-state index in [2.05, 4.69) is 32.3 Å². The Morgan fingerprint density at radius 1 is 1.19 bits per heavy atom. The summed E-state index contributed by atoms with van der Waals surface area (Å²) in [6.07, 6.45) is 1.80. The minimum atomic E-state index is -0.0855. The van der Waals surface area contributed by atoms with Crippen LogP contribution in [0.5, 0.6) is 5.75 Å². The summed E-state index contributed by atoms with van der Waals surface area (Å²) >= 11 is 12.1. The highest BCUT2D eigenvalue weighted by Crippen LogP contribution is 2.42. The largest absolute Gasteiger partial charge is 0.495 e. The molecule has 0 radical (unpaired) electrons. The number of methoxy groups -OCH3 is 1. The smallest absolute Gasteiger partial charge is 0.174 e. The zero-order valence-electron chi connectivity index (χ0n) is 14.9. The Kier molecular flexibility index (Phi) is 4.76. The van der Waals surface area contributed by atoms with Crippen molar-refractivity contribution in [3.8, 4) is 5.75 Å². The molecular formula is C20H19ClN4OS. The molecule has 0 saturated carbocycles. The first-order valence-electron chi connectivity index (χ1n) is 8.58. The molecule has 4 rings (SSSR count). The van der Waals surface area contributed by atoms with E-state index < -0.39 is 0 Å². The van der Waals surface area contributed by atoms with Crippen molar-refractivity contribution in [3.63, 3.8) is 0 Å².